The molecule has 3 rings (SSSR count). The van der Waals surface area contributed by atoms with Crippen molar-refractivity contribution < 1.29 is 220 Å². The van der Waals surface area contributed by atoms with E-state index in [4.69, 9.17) is 146 Å². The van der Waals surface area contributed by atoms with Gasteiger partial charge in [0.2, 0.25) is 0 Å². The number of nitrogens with zero attached hydrogens (tertiary/aromatic N) is 6. The van der Waals surface area contributed by atoms with Crippen molar-refractivity contribution in [2.75, 3.05) is 79.3 Å². The smallest absolute Gasteiger partial charge is 0.412 e. The van der Waals surface area contributed by atoms with E-state index in [0.29, 0.717) is 79.3 Å². The van der Waals surface area contributed by atoms with Crippen LogP contribution in [0.25, 0.3) is 0 Å². The third kappa shape index (κ3) is 61.3. The molecule has 0 spiro atoms. The monoisotopic (exact) mass is 2110 g/mol. The Morgan fingerprint density at radius 3 is 0.284 bits per heavy atom. The Morgan fingerprint density at radius 1 is 0.190 bits per heavy atom. The second-order valence-corrected chi connectivity index (χ2v) is 33.7. The van der Waals surface area contributed by atoms with Crippen LogP contribution < -0.4 is 0 Å². The van der Waals surface area contributed by atoms with Gasteiger partial charge in [-0.3, -0.25) is 27.4 Å². The third-order valence-corrected chi connectivity index (χ3v) is 26.9. The minimum absolute atomic E-state index is 0. The van der Waals surface area contributed by atoms with Crippen molar-refractivity contribution in [3.8, 4) is 0 Å². The zero-order valence-corrected chi connectivity index (χ0v) is 78.4. The maximum Gasteiger partial charge on any atom is 3.00 e. The zero-order valence-electron chi connectivity index (χ0n) is 69.4. The van der Waals surface area contributed by atoms with Gasteiger partial charge in [0.15, 0.2) is 0 Å². The molecule has 0 bridgehead atoms. The molecule has 3 aromatic carbocycles. The molecule has 0 unspecified atom stereocenters. The first-order chi connectivity index (χ1) is 49.6. The molecule has 0 saturated carbocycles. The molecule has 3 aromatic rings. The van der Waals surface area contributed by atoms with Crippen LogP contribution in [0.2, 0.25) is 0 Å². The number of rotatable bonds is 36. The number of hydrogen-bond acceptors (Lipinski definition) is 36. The van der Waals surface area contributed by atoms with Gasteiger partial charge in [0.25, 0.3) is 0 Å². The molecule has 2 radical (unpaired) electrons. The van der Waals surface area contributed by atoms with Crippen LogP contribution in [0, 0.1) is 250 Å². The molecule has 0 fully saturated rings. The molecule has 12 N–H and O–H groups in total. The van der Waals surface area contributed by atoms with Crippen molar-refractivity contribution in [3.63, 3.8) is 0 Å². The molecule has 0 atom stereocenters. The summed E-state index contributed by atoms with van der Waals surface area (Å²) in [7, 11) is -19.3. The van der Waals surface area contributed by atoms with Crippen LogP contribution in [-0.4, -0.2) is 143 Å². The molecule has 56 heteroatoms. The Morgan fingerprint density at radius 2 is 0.241 bits per heavy atom. The average molecular weight is 2120 g/mol. The summed E-state index contributed by atoms with van der Waals surface area (Å²) < 4.78 is 144. The fourth-order valence-corrected chi connectivity index (χ4v) is 21.6. The molecule has 0 aliphatic rings. The molecule has 48 nitrogen and oxygen atoms in total. The molecule has 0 aliphatic heterocycles. The molecule has 0 amide bonds. The standard InChI is InChI=1S/3C20H36O6P2.2Er.6NO3.6H2O/c3*1-9-23-27(21,24-10-2)13-19-15(5)17(7)20(18(8)16(19)6)14-28(22,25-11-3)26-12-4;;;6*2-1(3)4;;;;;;/h3*9-14H2,1-8H3;;;;;;;;;6*1H2/q;;;2*+3;6*-1;;;;;;. The van der Waals surface area contributed by atoms with E-state index >= 15 is 0 Å². The van der Waals surface area contributed by atoms with Crippen LogP contribution in [0.5, 0.6) is 0 Å². The van der Waals surface area contributed by atoms with Crippen molar-refractivity contribution >= 4 is 45.6 Å². The van der Waals surface area contributed by atoms with Crippen molar-refractivity contribution in [1.29, 1.82) is 0 Å². The normalized spacial score (nSPS) is 10.3. The Labute approximate surface area is 734 Å². The van der Waals surface area contributed by atoms with Crippen molar-refractivity contribution in [2.45, 2.75) is 203 Å². The zero-order chi connectivity index (χ0) is 86.1. The fourth-order valence-electron chi connectivity index (χ4n) is 10.1. The predicted molar refractivity (Wildman–Crippen MR) is 427 cm³/mol. The first-order valence-electron chi connectivity index (χ1n) is 33.0. The summed E-state index contributed by atoms with van der Waals surface area (Å²) in [5.41, 5.74) is 17.9. The van der Waals surface area contributed by atoms with Crippen LogP contribution in [0.4, 0.5) is 0 Å². The quantitative estimate of drug-likeness (QED) is 0.0296. The van der Waals surface area contributed by atoms with E-state index in [2.05, 4.69) is 0 Å². The van der Waals surface area contributed by atoms with Gasteiger partial charge in [0, 0.05) is 0 Å². The topological polar surface area (TPSA) is 799 Å². The summed E-state index contributed by atoms with van der Waals surface area (Å²) in [6, 6.07) is 0. The average Bonchev–Trinajstić information content (AvgIpc) is 0.787. The molecule has 0 saturated heterocycles. The Hall–Kier alpha value is -3.99. The van der Waals surface area contributed by atoms with E-state index in [9.17, 15) is 27.4 Å². The van der Waals surface area contributed by atoms with Crippen LogP contribution in [0.15, 0.2) is 0 Å². The summed E-state index contributed by atoms with van der Waals surface area (Å²) in [5.74, 6) is 0. The maximum atomic E-state index is 13.1. The molecular weight excluding hydrogens is 2000 g/mol. The molecule has 116 heavy (non-hydrogen) atoms. The Balaban J connectivity index is -0.0000000948. The first kappa shape index (κ1) is 144. The van der Waals surface area contributed by atoms with Crippen molar-refractivity contribution in [2.24, 2.45) is 0 Å². The molecule has 0 aliphatic carbocycles. The van der Waals surface area contributed by atoms with E-state index in [0.717, 1.165) is 100 Å². The number of benzene rings is 3. The second kappa shape index (κ2) is 74.8. The van der Waals surface area contributed by atoms with Gasteiger partial charge in [-0.2, -0.15) is 0 Å². The fraction of sp³-hybridized carbons (Fsp3) is 0.700. The summed E-state index contributed by atoms with van der Waals surface area (Å²) in [5, 5.41) is 88.5. The summed E-state index contributed by atoms with van der Waals surface area (Å²) >= 11 is 0. The van der Waals surface area contributed by atoms with E-state index in [-0.39, 0.29) is 144 Å². The molecule has 0 heterocycles. The van der Waals surface area contributed by atoms with Gasteiger partial charge < -0.3 is 179 Å². The maximum absolute atomic E-state index is 13.1. The second-order valence-electron chi connectivity index (χ2n) is 21.3. The Bertz CT molecular complexity index is 2850. The SMILES string of the molecule is CCOP(=O)(Cc1c(C)c(C)c(CP(=O)(OCC)OCC)c(C)c1C)OCC.CCOP(=O)(Cc1c(C)c(C)c(CP(=O)(OCC)OCC)c(C)c1C)OCC.CCOP(=O)(Cc1c(C)c(C)c(CP(=O)(OCC)OCC)c(C)c1C)OCC.O.O.O.O.O.O.O=[N+]([O-])[O-].O=[N+]([O-])[O-].O=[N+]([O-])[O-].O=[N+]([O-])[O-].O=[N+]([O-])[O-].O=[N+]([O-])[O-].[Er+3].[Er+3]. The van der Waals surface area contributed by atoms with E-state index in [1.165, 1.54) is 0 Å². The van der Waals surface area contributed by atoms with Crippen LogP contribution in [0.3, 0.4) is 0 Å². The minimum atomic E-state index is -3.22. The third-order valence-electron chi connectivity index (χ3n) is 14.8. The van der Waals surface area contributed by atoms with Gasteiger partial charge in [-0.25, -0.2) is 0 Å². The van der Waals surface area contributed by atoms with Gasteiger partial charge in [-0.1, -0.05) is 0 Å². The summed E-state index contributed by atoms with van der Waals surface area (Å²) in [6.45, 7) is 49.6. The minimum Gasteiger partial charge on any atom is -0.412 e. The van der Waals surface area contributed by atoms with E-state index in [1.54, 1.807) is 0 Å². The van der Waals surface area contributed by atoms with Crippen molar-refractivity contribution in [3.05, 3.63) is 192 Å². The summed E-state index contributed by atoms with van der Waals surface area (Å²) in [4.78, 5) is 49.5. The van der Waals surface area contributed by atoms with Crippen molar-refractivity contribution in [1.82, 2.24) is 0 Å². The van der Waals surface area contributed by atoms with E-state index < -0.39 is 76.1 Å². The summed E-state index contributed by atoms with van der Waals surface area (Å²) in [6.07, 6.45) is 1.35. The predicted octanol–water partition coefficient (Wildman–Crippen LogP) is 13.0. The Kier molecular flexibility index (Phi) is 92.7. The first-order valence-corrected chi connectivity index (χ1v) is 43.4. The van der Waals surface area contributed by atoms with E-state index in [1.807, 2.05) is 166 Å². The van der Waals surface area contributed by atoms with Crippen LogP contribution in [0.1, 0.15) is 183 Å². The largest absolute Gasteiger partial charge is 3.00 e. The van der Waals surface area contributed by atoms with Gasteiger partial charge in [0.05, 0.1) is 147 Å². The van der Waals surface area contributed by atoms with Gasteiger partial charge in [-0.15, -0.1) is 0 Å². The number of hydrogen-bond donors (Lipinski definition) is 0. The molecular formula is C60H120Er2N6O42P6. The molecule has 0 aromatic heterocycles. The molecule has 696 valence electrons. The van der Waals surface area contributed by atoms with Gasteiger partial charge in [0.1, 0.15) is 0 Å². The van der Waals surface area contributed by atoms with Gasteiger partial charge >= 0.3 is 120 Å². The van der Waals surface area contributed by atoms with Gasteiger partial charge in [-0.05, 0) is 266 Å². The van der Waals surface area contributed by atoms with Crippen LogP contribution >= 0.6 is 45.6 Å². The van der Waals surface area contributed by atoms with Crippen LogP contribution in [-0.2, 0) is 119 Å².